The number of epoxide rings is 1. The molecule has 1 aromatic heterocycles. The number of nitrogens with one attached hydrogen (secondary N) is 1. The number of aromatic nitrogens is 2. The Morgan fingerprint density at radius 2 is 2.24 bits per heavy atom. The van der Waals surface area contributed by atoms with E-state index in [1.807, 2.05) is 0 Å². The largest absolute Gasteiger partial charge is 0.391 e. The normalized spacial score (nSPS) is 41.2. The summed E-state index contributed by atoms with van der Waals surface area (Å²) in [7, 11) is 0. The summed E-state index contributed by atoms with van der Waals surface area (Å²) in [5.41, 5.74) is 0.0476. The van der Waals surface area contributed by atoms with Gasteiger partial charge in [-0.25, -0.2) is 9.97 Å². The van der Waals surface area contributed by atoms with Gasteiger partial charge in [0.1, 0.15) is 18.2 Å². The van der Waals surface area contributed by atoms with Crippen LogP contribution in [-0.4, -0.2) is 56.5 Å². The second-order valence-electron chi connectivity index (χ2n) is 6.65. The maximum atomic E-state index is 10.2. The van der Waals surface area contributed by atoms with Crippen molar-refractivity contribution in [3.63, 3.8) is 0 Å². The topological polar surface area (TPSA) is 73.8 Å². The van der Waals surface area contributed by atoms with Crippen LogP contribution >= 0.6 is 0 Å². The SMILES string of the molecule is CC1CCC2(CN(C(c3ncccn3)C(C)O)C3OC32)N1. The molecule has 4 heterocycles. The molecule has 6 heteroatoms. The number of rotatable bonds is 3. The van der Waals surface area contributed by atoms with Gasteiger partial charge in [-0.05, 0) is 32.8 Å². The van der Waals surface area contributed by atoms with E-state index in [0.717, 1.165) is 13.0 Å². The smallest absolute Gasteiger partial charge is 0.148 e. The third kappa shape index (κ3) is 2.09. The molecular formula is C15H22N4O2. The van der Waals surface area contributed by atoms with E-state index in [2.05, 4.69) is 27.1 Å². The zero-order valence-corrected chi connectivity index (χ0v) is 12.4. The van der Waals surface area contributed by atoms with Crippen LogP contribution in [0.25, 0.3) is 0 Å². The van der Waals surface area contributed by atoms with Gasteiger partial charge in [-0.1, -0.05) is 0 Å². The van der Waals surface area contributed by atoms with Crippen molar-refractivity contribution in [2.24, 2.45) is 0 Å². The first-order valence-electron chi connectivity index (χ1n) is 7.75. The average Bonchev–Trinajstić information content (AvgIpc) is 3.11. The molecule has 4 rings (SSSR count). The van der Waals surface area contributed by atoms with Crippen LogP contribution in [0.1, 0.15) is 38.6 Å². The van der Waals surface area contributed by atoms with Gasteiger partial charge >= 0.3 is 0 Å². The molecule has 3 aliphatic rings. The predicted molar refractivity (Wildman–Crippen MR) is 76.4 cm³/mol. The number of fused-ring (bicyclic) bond motifs is 2. The summed E-state index contributed by atoms with van der Waals surface area (Å²) in [6.07, 6.45) is 5.56. The Morgan fingerprint density at radius 1 is 1.48 bits per heavy atom. The molecule has 3 saturated heterocycles. The molecule has 114 valence electrons. The average molecular weight is 290 g/mol. The second-order valence-corrected chi connectivity index (χ2v) is 6.65. The molecule has 2 N–H and O–H groups in total. The molecular weight excluding hydrogens is 268 g/mol. The highest BCUT2D eigenvalue weighted by Crippen LogP contribution is 2.50. The first-order valence-corrected chi connectivity index (χ1v) is 7.75. The molecule has 0 amide bonds. The summed E-state index contributed by atoms with van der Waals surface area (Å²) in [5.74, 6) is 0.671. The van der Waals surface area contributed by atoms with Gasteiger partial charge in [-0.2, -0.15) is 0 Å². The van der Waals surface area contributed by atoms with E-state index >= 15 is 0 Å². The van der Waals surface area contributed by atoms with Crippen LogP contribution in [0.15, 0.2) is 18.5 Å². The Balaban J connectivity index is 1.61. The van der Waals surface area contributed by atoms with Crippen molar-refractivity contribution in [1.82, 2.24) is 20.2 Å². The van der Waals surface area contributed by atoms with Crippen molar-refractivity contribution < 1.29 is 9.84 Å². The molecule has 6 atom stereocenters. The Kier molecular flexibility index (Phi) is 3.04. The monoisotopic (exact) mass is 290 g/mol. The van der Waals surface area contributed by atoms with E-state index in [4.69, 9.17) is 4.74 Å². The number of hydrogen-bond acceptors (Lipinski definition) is 6. The van der Waals surface area contributed by atoms with Crippen molar-refractivity contribution in [2.75, 3.05) is 6.54 Å². The fraction of sp³-hybridized carbons (Fsp3) is 0.733. The van der Waals surface area contributed by atoms with Crippen LogP contribution < -0.4 is 5.32 Å². The lowest BCUT2D eigenvalue weighted by molar-refractivity contribution is 0.00887. The van der Waals surface area contributed by atoms with Crippen molar-refractivity contribution >= 4 is 0 Å². The van der Waals surface area contributed by atoms with Crippen LogP contribution in [0, 0.1) is 0 Å². The molecule has 1 aromatic rings. The van der Waals surface area contributed by atoms with Crippen molar-refractivity contribution in [2.45, 2.75) is 62.7 Å². The van der Waals surface area contributed by atoms with Crippen LogP contribution in [0.5, 0.6) is 0 Å². The van der Waals surface area contributed by atoms with Crippen LogP contribution in [0.2, 0.25) is 0 Å². The molecule has 0 aliphatic carbocycles. The Morgan fingerprint density at radius 3 is 2.86 bits per heavy atom. The van der Waals surface area contributed by atoms with Crippen molar-refractivity contribution in [1.29, 1.82) is 0 Å². The third-order valence-electron chi connectivity index (χ3n) is 5.03. The van der Waals surface area contributed by atoms with Gasteiger partial charge in [0, 0.05) is 25.0 Å². The molecule has 0 saturated carbocycles. The maximum absolute atomic E-state index is 10.2. The highest BCUT2D eigenvalue weighted by Gasteiger charge is 2.67. The Bertz CT molecular complexity index is 526. The van der Waals surface area contributed by atoms with E-state index < -0.39 is 6.10 Å². The summed E-state index contributed by atoms with van der Waals surface area (Å²) in [4.78, 5) is 10.9. The minimum absolute atomic E-state index is 0.0476. The van der Waals surface area contributed by atoms with Gasteiger partial charge < -0.3 is 15.2 Å². The van der Waals surface area contributed by atoms with Crippen LogP contribution in [0.4, 0.5) is 0 Å². The molecule has 6 unspecified atom stereocenters. The quantitative estimate of drug-likeness (QED) is 0.787. The number of nitrogens with zero attached hydrogens (tertiary/aromatic N) is 3. The van der Waals surface area contributed by atoms with Gasteiger partial charge in [0.15, 0.2) is 0 Å². The molecule has 6 nitrogen and oxygen atoms in total. The molecule has 0 radical (unpaired) electrons. The maximum Gasteiger partial charge on any atom is 0.148 e. The van der Waals surface area contributed by atoms with Gasteiger partial charge in [0.2, 0.25) is 0 Å². The minimum Gasteiger partial charge on any atom is -0.391 e. The zero-order valence-electron chi connectivity index (χ0n) is 12.4. The second kappa shape index (κ2) is 4.71. The lowest BCUT2D eigenvalue weighted by Gasteiger charge is -2.34. The molecule has 0 aromatic carbocycles. The number of hydrogen-bond donors (Lipinski definition) is 2. The molecule has 21 heavy (non-hydrogen) atoms. The number of ether oxygens (including phenoxy) is 1. The molecule has 0 bridgehead atoms. The Labute approximate surface area is 124 Å². The summed E-state index contributed by atoms with van der Waals surface area (Å²) in [6.45, 7) is 4.91. The van der Waals surface area contributed by atoms with Crippen molar-refractivity contribution in [3.05, 3.63) is 24.3 Å². The minimum atomic E-state index is -0.536. The van der Waals surface area contributed by atoms with E-state index in [0.29, 0.717) is 11.9 Å². The first kappa shape index (κ1) is 13.6. The zero-order chi connectivity index (χ0) is 14.6. The highest BCUT2D eigenvalue weighted by atomic mass is 16.6. The summed E-state index contributed by atoms with van der Waals surface area (Å²) >= 11 is 0. The predicted octanol–water partition coefficient (Wildman–Crippen LogP) is 0.450. The van der Waals surface area contributed by atoms with E-state index in [-0.39, 0.29) is 23.9 Å². The third-order valence-corrected chi connectivity index (χ3v) is 5.03. The number of aliphatic hydroxyl groups is 1. The van der Waals surface area contributed by atoms with Gasteiger partial charge in [0.25, 0.3) is 0 Å². The molecule has 3 aliphatic heterocycles. The summed E-state index contributed by atoms with van der Waals surface area (Å²) < 4.78 is 5.90. The van der Waals surface area contributed by atoms with Gasteiger partial charge in [-0.3, -0.25) is 4.90 Å². The van der Waals surface area contributed by atoms with E-state index in [1.54, 1.807) is 25.4 Å². The fourth-order valence-corrected chi connectivity index (χ4v) is 4.09. The Hall–Kier alpha value is -1.08. The summed E-state index contributed by atoms with van der Waals surface area (Å²) in [5, 5.41) is 14.0. The van der Waals surface area contributed by atoms with Gasteiger partial charge in [-0.15, -0.1) is 0 Å². The lowest BCUT2D eigenvalue weighted by atomic mass is 9.96. The number of aliphatic hydroxyl groups excluding tert-OH is 1. The highest BCUT2D eigenvalue weighted by molar-refractivity contribution is 5.20. The standard InChI is InChI=1S/C15H22N4O2/c1-9-4-5-15(18-9)8-19(14-12(15)21-14)11(10(2)20)13-16-6-3-7-17-13/h3,6-7,9-12,14,18,20H,4-5,8H2,1-2H3. The van der Waals surface area contributed by atoms with E-state index in [9.17, 15) is 5.11 Å². The summed E-state index contributed by atoms with van der Waals surface area (Å²) in [6, 6.07) is 2.12. The van der Waals surface area contributed by atoms with E-state index in [1.165, 1.54) is 6.42 Å². The fourth-order valence-electron chi connectivity index (χ4n) is 4.09. The van der Waals surface area contributed by atoms with Gasteiger partial charge in [0.05, 0.1) is 17.7 Å². The molecule has 3 fully saturated rings. The first-order chi connectivity index (χ1) is 10.1. The molecule has 1 spiro atoms. The van der Waals surface area contributed by atoms with Crippen molar-refractivity contribution in [3.8, 4) is 0 Å². The lowest BCUT2D eigenvalue weighted by Crippen LogP contribution is -2.51. The van der Waals surface area contributed by atoms with Crippen LogP contribution in [0.3, 0.4) is 0 Å². The number of likely N-dealkylation sites (tertiary alicyclic amines) is 1. The van der Waals surface area contributed by atoms with Crippen LogP contribution in [-0.2, 0) is 4.74 Å².